The molecule has 0 spiro atoms. The van der Waals surface area contributed by atoms with E-state index in [0.29, 0.717) is 21.2 Å². The number of hydrogen-bond donors (Lipinski definition) is 0. The average Bonchev–Trinajstić information content (AvgIpc) is 3.47. The van der Waals surface area contributed by atoms with Gasteiger partial charge in [0.25, 0.3) is 23.6 Å². The first-order chi connectivity index (χ1) is 22.9. The second kappa shape index (κ2) is 14.2. The second-order valence-corrected chi connectivity index (χ2v) is 12.1. The first-order valence-corrected chi connectivity index (χ1v) is 15.6. The van der Waals surface area contributed by atoms with Crippen molar-refractivity contribution in [1.29, 1.82) is 0 Å². The molecule has 4 aromatic rings. The van der Waals surface area contributed by atoms with Gasteiger partial charge in [0.05, 0.1) is 48.4 Å². The number of Topliss-reactive ketones (excluding diaryl/α,β-unsaturated/α-hetero) is 1. The van der Waals surface area contributed by atoms with Crippen molar-refractivity contribution in [2.45, 2.75) is 25.9 Å². The summed E-state index contributed by atoms with van der Waals surface area (Å²) in [5.74, 6) is -2.33. The third-order valence-electron chi connectivity index (χ3n) is 7.48. The van der Waals surface area contributed by atoms with Crippen LogP contribution in [0.3, 0.4) is 0 Å². The number of ketones is 1. The third kappa shape index (κ3) is 6.42. The van der Waals surface area contributed by atoms with Crippen LogP contribution < -0.4 is 0 Å². The van der Waals surface area contributed by atoms with Crippen LogP contribution in [0.4, 0.5) is 0 Å². The zero-order valence-electron chi connectivity index (χ0n) is 25.3. The SMILES string of the molecule is CC(C(=O)c1ncc(Cl)cc1Cl)N1C(=O)c2ccccc2C1=O.CON=C(c1ncc(Cl)cc1Cl)C(C)N1C(=O)c2ccccc2C1=O. The molecule has 4 heterocycles. The summed E-state index contributed by atoms with van der Waals surface area (Å²) in [5, 5.41) is 4.91. The summed E-state index contributed by atoms with van der Waals surface area (Å²) < 4.78 is 0. The number of carbonyl (C=O) groups is 5. The van der Waals surface area contributed by atoms with Gasteiger partial charge in [-0.25, -0.2) is 4.98 Å². The van der Waals surface area contributed by atoms with Crippen molar-refractivity contribution < 1.29 is 28.8 Å². The maximum Gasteiger partial charge on any atom is 0.262 e. The van der Waals surface area contributed by atoms with Gasteiger partial charge in [0, 0.05) is 12.4 Å². The van der Waals surface area contributed by atoms with E-state index in [4.69, 9.17) is 51.2 Å². The van der Waals surface area contributed by atoms with Crippen molar-refractivity contribution >= 4 is 81.5 Å². The van der Waals surface area contributed by atoms with Gasteiger partial charge in [-0.05, 0) is 50.2 Å². The molecule has 0 saturated heterocycles. The number of halogens is 4. The van der Waals surface area contributed by atoms with E-state index in [1.54, 1.807) is 55.5 Å². The van der Waals surface area contributed by atoms with E-state index in [9.17, 15) is 24.0 Å². The average molecular weight is 727 g/mol. The van der Waals surface area contributed by atoms with E-state index < -0.39 is 41.5 Å². The summed E-state index contributed by atoms with van der Waals surface area (Å²) in [7, 11) is 1.36. The molecule has 2 unspecified atom stereocenters. The summed E-state index contributed by atoms with van der Waals surface area (Å²) >= 11 is 23.8. The minimum absolute atomic E-state index is 0.0277. The van der Waals surface area contributed by atoms with E-state index in [0.717, 1.165) is 9.80 Å². The summed E-state index contributed by atoms with van der Waals surface area (Å²) in [4.78, 5) is 77.7. The molecule has 11 nitrogen and oxygen atoms in total. The molecule has 2 aliphatic rings. The molecular formula is C33H23Cl4N5O6. The summed E-state index contributed by atoms with van der Waals surface area (Å²) in [5.41, 5.74) is 1.79. The van der Waals surface area contributed by atoms with Crippen LogP contribution in [-0.2, 0) is 4.84 Å². The van der Waals surface area contributed by atoms with Crippen molar-refractivity contribution in [3.8, 4) is 0 Å². The third-order valence-corrected chi connectivity index (χ3v) is 8.47. The van der Waals surface area contributed by atoms with Gasteiger partial charge in [-0.3, -0.25) is 38.8 Å². The lowest BCUT2D eigenvalue weighted by molar-refractivity contribution is 0.0552. The predicted molar refractivity (Wildman–Crippen MR) is 179 cm³/mol. The molecule has 4 amide bonds. The van der Waals surface area contributed by atoms with Crippen molar-refractivity contribution in [2.75, 3.05) is 7.11 Å². The Morgan fingerprint density at radius 2 is 1.04 bits per heavy atom. The van der Waals surface area contributed by atoms with Crippen molar-refractivity contribution in [3.63, 3.8) is 0 Å². The molecule has 2 aromatic carbocycles. The van der Waals surface area contributed by atoms with Gasteiger partial charge in [-0.15, -0.1) is 0 Å². The molecule has 0 saturated carbocycles. The molecule has 2 aromatic heterocycles. The quantitative estimate of drug-likeness (QED) is 0.0890. The monoisotopic (exact) mass is 725 g/mol. The number of imide groups is 2. The Labute approximate surface area is 294 Å². The lowest BCUT2D eigenvalue weighted by Crippen LogP contribution is -2.43. The molecule has 15 heteroatoms. The number of benzene rings is 2. The largest absolute Gasteiger partial charge is 0.399 e. The van der Waals surface area contributed by atoms with E-state index in [2.05, 4.69) is 15.1 Å². The van der Waals surface area contributed by atoms with Crippen LogP contribution in [0.1, 0.15) is 71.5 Å². The molecule has 244 valence electrons. The predicted octanol–water partition coefficient (Wildman–Crippen LogP) is 6.68. The lowest BCUT2D eigenvalue weighted by Gasteiger charge is -2.23. The molecule has 2 atom stereocenters. The van der Waals surface area contributed by atoms with Crippen LogP contribution in [0.2, 0.25) is 20.1 Å². The Kier molecular flexibility index (Phi) is 10.3. The number of amides is 4. The molecule has 0 fully saturated rings. The van der Waals surface area contributed by atoms with Crippen LogP contribution in [0.15, 0.2) is 78.2 Å². The Morgan fingerprint density at radius 3 is 1.42 bits per heavy atom. The number of fused-ring (bicyclic) bond motifs is 2. The normalized spacial score (nSPS) is 15.1. The fourth-order valence-electron chi connectivity index (χ4n) is 5.17. The number of nitrogens with zero attached hydrogens (tertiary/aromatic N) is 5. The maximum absolute atomic E-state index is 12.7. The van der Waals surface area contributed by atoms with Gasteiger partial charge in [0.1, 0.15) is 30.3 Å². The zero-order chi connectivity index (χ0) is 34.9. The molecule has 0 radical (unpaired) electrons. The topological polar surface area (TPSA) is 139 Å². The Morgan fingerprint density at radius 1 is 0.667 bits per heavy atom. The van der Waals surface area contributed by atoms with Crippen molar-refractivity contribution in [2.24, 2.45) is 5.16 Å². The number of rotatable bonds is 7. The van der Waals surface area contributed by atoms with Gasteiger partial charge >= 0.3 is 0 Å². The zero-order valence-corrected chi connectivity index (χ0v) is 28.3. The van der Waals surface area contributed by atoms with E-state index in [-0.39, 0.29) is 38.3 Å². The summed E-state index contributed by atoms with van der Waals surface area (Å²) in [6.07, 6.45) is 2.69. The van der Waals surface area contributed by atoms with Crippen molar-refractivity contribution in [1.82, 2.24) is 19.8 Å². The van der Waals surface area contributed by atoms with E-state index in [1.807, 2.05) is 0 Å². The highest BCUT2D eigenvalue weighted by Crippen LogP contribution is 2.29. The highest BCUT2D eigenvalue weighted by molar-refractivity contribution is 6.37. The van der Waals surface area contributed by atoms with Crippen LogP contribution in [0, 0.1) is 0 Å². The summed E-state index contributed by atoms with van der Waals surface area (Å²) in [6.45, 7) is 3.13. The van der Waals surface area contributed by atoms with Gasteiger partial charge in [0.2, 0.25) is 5.78 Å². The fraction of sp³-hybridized carbons (Fsp3) is 0.152. The van der Waals surface area contributed by atoms with E-state index in [1.165, 1.54) is 38.6 Å². The van der Waals surface area contributed by atoms with Gasteiger partial charge in [-0.1, -0.05) is 75.8 Å². The Balaban J connectivity index is 0.000000188. The van der Waals surface area contributed by atoms with Crippen LogP contribution in [0.25, 0.3) is 0 Å². The molecule has 0 N–H and O–H groups in total. The molecule has 6 rings (SSSR count). The van der Waals surface area contributed by atoms with Gasteiger partial charge in [-0.2, -0.15) is 0 Å². The Bertz CT molecular complexity index is 1970. The number of pyridine rings is 2. The minimum atomic E-state index is -1.02. The highest BCUT2D eigenvalue weighted by Gasteiger charge is 2.42. The lowest BCUT2D eigenvalue weighted by atomic mass is 10.1. The van der Waals surface area contributed by atoms with Crippen LogP contribution in [-0.4, -0.2) is 74.1 Å². The minimum Gasteiger partial charge on any atom is -0.399 e. The van der Waals surface area contributed by atoms with E-state index >= 15 is 0 Å². The number of oxime groups is 1. The standard InChI is InChI=1S/C17H13Cl2N3O3.C16H10Cl2N2O3/c1-9(14(21-25-2)15-13(19)7-10(18)8-20-15)22-16(23)11-5-3-4-6-12(11)17(22)24;1-8(14(21)13-12(18)6-9(17)7-19-13)20-15(22)10-4-2-3-5-11(10)16(20)23/h3-9H,1-2H3;2-8H,1H3. The first-order valence-electron chi connectivity index (χ1n) is 14.1. The smallest absolute Gasteiger partial charge is 0.262 e. The number of hydrogen-bond acceptors (Lipinski definition) is 9. The molecule has 0 bridgehead atoms. The number of carbonyl (C=O) groups excluding carboxylic acids is 5. The van der Waals surface area contributed by atoms with Crippen LogP contribution in [0.5, 0.6) is 0 Å². The van der Waals surface area contributed by atoms with Gasteiger partial charge in [0.15, 0.2) is 0 Å². The second-order valence-electron chi connectivity index (χ2n) is 10.4. The first kappa shape index (κ1) is 34.6. The molecular weight excluding hydrogens is 704 g/mol. The van der Waals surface area contributed by atoms with Crippen LogP contribution >= 0.6 is 46.4 Å². The highest BCUT2D eigenvalue weighted by atomic mass is 35.5. The summed E-state index contributed by atoms with van der Waals surface area (Å²) in [6, 6.07) is 14.2. The Hall–Kier alpha value is -4.68. The van der Waals surface area contributed by atoms with Crippen molar-refractivity contribution in [3.05, 3.63) is 127 Å². The molecule has 2 aliphatic heterocycles. The van der Waals surface area contributed by atoms with Gasteiger partial charge < -0.3 is 4.84 Å². The fourth-order valence-corrected chi connectivity index (χ4v) is 6.12. The molecule has 0 aliphatic carbocycles. The maximum atomic E-state index is 12.7. The molecule has 48 heavy (non-hydrogen) atoms. The number of aromatic nitrogens is 2.